The first-order valence-corrected chi connectivity index (χ1v) is 9.79. The molecule has 3 nitrogen and oxygen atoms in total. The molecule has 1 aromatic carbocycles. The fraction of sp³-hybridized carbons (Fsp3) is 0.600. The zero-order valence-corrected chi connectivity index (χ0v) is 14.3. The summed E-state index contributed by atoms with van der Waals surface area (Å²) in [5, 5.41) is 0. The van der Waals surface area contributed by atoms with Crippen LogP contribution in [0.2, 0.25) is 0 Å². The van der Waals surface area contributed by atoms with Crippen molar-refractivity contribution in [1.29, 1.82) is 0 Å². The first kappa shape index (κ1) is 17.6. The van der Waals surface area contributed by atoms with Gasteiger partial charge in [0.25, 0.3) is 0 Å². The first-order chi connectivity index (χ1) is 9.49. The topological polar surface area (TPSA) is 29.5 Å². The Hall–Kier alpha value is -0.500. The van der Waals surface area contributed by atoms with Gasteiger partial charge in [0.1, 0.15) is 5.75 Å². The molecule has 0 heterocycles. The van der Waals surface area contributed by atoms with Crippen LogP contribution in [0.5, 0.6) is 5.75 Å². The van der Waals surface area contributed by atoms with Crippen molar-refractivity contribution in [3.8, 4) is 5.75 Å². The van der Waals surface area contributed by atoms with E-state index in [-0.39, 0.29) is 0 Å². The fourth-order valence-electron chi connectivity index (χ4n) is 1.82. The Morgan fingerprint density at radius 3 is 2.05 bits per heavy atom. The van der Waals surface area contributed by atoms with Gasteiger partial charge in [-0.25, -0.2) is 9.24 Å². The molecule has 0 spiro atoms. The molecule has 1 aromatic rings. The van der Waals surface area contributed by atoms with E-state index < -0.39 is 6.87 Å². The SMILES string of the molecule is CCCCN(CCCC)P(=O)(Cl)Oc1ccc(C)cc1. The van der Waals surface area contributed by atoms with Crippen LogP contribution in [0.15, 0.2) is 24.3 Å². The van der Waals surface area contributed by atoms with Gasteiger partial charge in [0.15, 0.2) is 0 Å². The van der Waals surface area contributed by atoms with Gasteiger partial charge in [-0.05, 0) is 31.9 Å². The van der Waals surface area contributed by atoms with Crippen LogP contribution in [0.3, 0.4) is 0 Å². The van der Waals surface area contributed by atoms with Gasteiger partial charge in [-0.1, -0.05) is 44.4 Å². The molecule has 114 valence electrons. The Labute approximate surface area is 127 Å². The molecular formula is C15H25ClNO2P. The molecule has 0 saturated heterocycles. The normalized spacial score (nSPS) is 14.2. The Morgan fingerprint density at radius 2 is 1.60 bits per heavy atom. The second-order valence-electron chi connectivity index (χ2n) is 5.02. The molecule has 0 radical (unpaired) electrons. The van der Waals surface area contributed by atoms with Crippen molar-refractivity contribution in [2.45, 2.75) is 46.5 Å². The number of hydrogen-bond donors (Lipinski definition) is 0. The minimum Gasteiger partial charge on any atom is -0.422 e. The largest absolute Gasteiger partial charge is 0.422 e. The lowest BCUT2D eigenvalue weighted by atomic mass is 10.2. The Kier molecular flexibility index (Phi) is 7.65. The van der Waals surface area contributed by atoms with Gasteiger partial charge in [-0.2, -0.15) is 0 Å². The molecule has 5 heteroatoms. The third-order valence-electron chi connectivity index (χ3n) is 3.12. The van der Waals surface area contributed by atoms with Gasteiger partial charge in [0, 0.05) is 24.3 Å². The fourth-order valence-corrected chi connectivity index (χ4v) is 3.77. The number of unbranched alkanes of at least 4 members (excludes halogenated alkanes) is 2. The van der Waals surface area contributed by atoms with Gasteiger partial charge in [0.2, 0.25) is 0 Å². The molecule has 0 N–H and O–H groups in total. The molecule has 1 rings (SSSR count). The third-order valence-corrected chi connectivity index (χ3v) is 5.48. The van der Waals surface area contributed by atoms with Crippen LogP contribution in [0.1, 0.15) is 45.1 Å². The molecule has 0 aliphatic carbocycles. The highest BCUT2D eigenvalue weighted by Crippen LogP contribution is 2.55. The van der Waals surface area contributed by atoms with Crippen LogP contribution in [0, 0.1) is 6.92 Å². The highest BCUT2D eigenvalue weighted by molar-refractivity contribution is 7.83. The van der Waals surface area contributed by atoms with E-state index in [1.807, 2.05) is 31.2 Å². The lowest BCUT2D eigenvalue weighted by Crippen LogP contribution is -2.23. The van der Waals surface area contributed by atoms with Gasteiger partial charge < -0.3 is 4.52 Å². The maximum Gasteiger partial charge on any atom is 0.411 e. The lowest BCUT2D eigenvalue weighted by molar-refractivity contribution is 0.354. The van der Waals surface area contributed by atoms with Gasteiger partial charge in [-0.15, -0.1) is 0 Å². The van der Waals surface area contributed by atoms with E-state index >= 15 is 0 Å². The van der Waals surface area contributed by atoms with Crippen LogP contribution in [0.25, 0.3) is 0 Å². The van der Waals surface area contributed by atoms with Gasteiger partial charge in [-0.3, -0.25) is 0 Å². The van der Waals surface area contributed by atoms with Gasteiger partial charge >= 0.3 is 6.87 Å². The zero-order valence-electron chi connectivity index (χ0n) is 12.6. The molecule has 0 aliphatic rings. The summed E-state index contributed by atoms with van der Waals surface area (Å²) in [6.45, 7) is 4.35. The highest BCUT2D eigenvalue weighted by Gasteiger charge is 2.30. The summed E-state index contributed by atoms with van der Waals surface area (Å²) >= 11 is 6.21. The van der Waals surface area contributed by atoms with E-state index in [4.69, 9.17) is 15.8 Å². The average molecular weight is 318 g/mol. The Morgan fingerprint density at radius 1 is 1.10 bits per heavy atom. The van der Waals surface area contributed by atoms with Crippen molar-refractivity contribution in [2.75, 3.05) is 13.1 Å². The van der Waals surface area contributed by atoms with E-state index in [0.717, 1.165) is 31.2 Å². The van der Waals surface area contributed by atoms with Crippen molar-refractivity contribution in [2.24, 2.45) is 0 Å². The Balaban J connectivity index is 2.74. The van der Waals surface area contributed by atoms with Gasteiger partial charge in [0.05, 0.1) is 0 Å². The molecule has 0 amide bonds. The highest BCUT2D eigenvalue weighted by atomic mass is 35.7. The predicted molar refractivity (Wildman–Crippen MR) is 86.7 cm³/mol. The number of nitrogens with zero attached hydrogens (tertiary/aromatic N) is 1. The van der Waals surface area contributed by atoms with E-state index in [2.05, 4.69) is 13.8 Å². The minimum atomic E-state index is -3.29. The summed E-state index contributed by atoms with van der Waals surface area (Å²) in [6, 6.07) is 7.47. The second-order valence-corrected chi connectivity index (χ2v) is 7.95. The molecular weight excluding hydrogens is 293 g/mol. The van der Waals surface area contributed by atoms with E-state index in [1.54, 1.807) is 4.67 Å². The zero-order chi connectivity index (χ0) is 15.0. The van der Waals surface area contributed by atoms with Crippen LogP contribution >= 0.6 is 18.1 Å². The van der Waals surface area contributed by atoms with Crippen molar-refractivity contribution < 1.29 is 9.09 Å². The van der Waals surface area contributed by atoms with Crippen LogP contribution in [-0.2, 0) is 4.57 Å². The van der Waals surface area contributed by atoms with Crippen molar-refractivity contribution in [3.63, 3.8) is 0 Å². The average Bonchev–Trinajstić information content (AvgIpc) is 2.41. The number of aryl methyl sites for hydroxylation is 1. The van der Waals surface area contributed by atoms with E-state index in [9.17, 15) is 4.57 Å². The van der Waals surface area contributed by atoms with E-state index in [1.165, 1.54) is 0 Å². The molecule has 1 unspecified atom stereocenters. The second kappa shape index (κ2) is 8.71. The summed E-state index contributed by atoms with van der Waals surface area (Å²) in [5.41, 5.74) is 1.13. The smallest absolute Gasteiger partial charge is 0.411 e. The van der Waals surface area contributed by atoms with Crippen LogP contribution < -0.4 is 4.52 Å². The lowest BCUT2D eigenvalue weighted by Gasteiger charge is -2.26. The molecule has 1 atom stereocenters. The number of rotatable bonds is 9. The summed E-state index contributed by atoms with van der Waals surface area (Å²) in [7, 11) is 0. The number of hydrogen-bond acceptors (Lipinski definition) is 2. The number of benzene rings is 1. The minimum absolute atomic E-state index is 0.562. The molecule has 20 heavy (non-hydrogen) atoms. The predicted octanol–water partition coefficient (Wildman–Crippen LogP) is 5.62. The molecule has 0 saturated carbocycles. The van der Waals surface area contributed by atoms with Crippen LogP contribution in [-0.4, -0.2) is 17.8 Å². The molecule has 0 fully saturated rings. The molecule has 0 bridgehead atoms. The Bertz CT molecular complexity index is 428. The quantitative estimate of drug-likeness (QED) is 0.553. The first-order valence-electron chi connectivity index (χ1n) is 7.31. The van der Waals surface area contributed by atoms with E-state index in [0.29, 0.717) is 18.8 Å². The maximum atomic E-state index is 12.6. The van der Waals surface area contributed by atoms with Crippen molar-refractivity contribution in [1.82, 2.24) is 4.67 Å². The summed E-state index contributed by atoms with van der Waals surface area (Å²) in [5.74, 6) is 0.562. The van der Waals surface area contributed by atoms with Crippen molar-refractivity contribution >= 4 is 18.1 Å². The monoisotopic (exact) mass is 317 g/mol. The standard InChI is InChI=1S/C15H25ClNO2P/c1-4-6-12-17(13-7-5-2)20(16,18)19-15-10-8-14(3)9-11-15/h8-11H,4-7,12-13H2,1-3H3. The summed E-state index contributed by atoms with van der Waals surface area (Å²) in [4.78, 5) is 0. The molecule has 0 aromatic heterocycles. The maximum absolute atomic E-state index is 12.6. The number of halogens is 1. The molecule has 0 aliphatic heterocycles. The summed E-state index contributed by atoms with van der Waals surface area (Å²) < 4.78 is 20.0. The summed E-state index contributed by atoms with van der Waals surface area (Å²) in [6.07, 6.45) is 4.03. The third kappa shape index (κ3) is 5.87. The van der Waals surface area contributed by atoms with Crippen LogP contribution in [0.4, 0.5) is 0 Å². The van der Waals surface area contributed by atoms with Crippen molar-refractivity contribution in [3.05, 3.63) is 29.8 Å².